The molecule has 2 aromatic heterocycles. The van der Waals surface area contributed by atoms with Crippen molar-refractivity contribution in [3.63, 3.8) is 0 Å². The SMILES string of the molecule is Cc1cccnc1NS(=O)(=O)c1c[nH]c2cc(N)ccc12. The maximum atomic E-state index is 12.5. The summed E-state index contributed by atoms with van der Waals surface area (Å²) in [6.07, 6.45) is 2.99. The Labute approximate surface area is 122 Å². The molecule has 0 amide bonds. The number of hydrogen-bond acceptors (Lipinski definition) is 4. The van der Waals surface area contributed by atoms with Gasteiger partial charge in [0, 0.05) is 29.0 Å². The first-order chi connectivity index (χ1) is 9.97. The summed E-state index contributed by atoms with van der Waals surface area (Å²) >= 11 is 0. The molecule has 108 valence electrons. The van der Waals surface area contributed by atoms with Crippen molar-refractivity contribution >= 4 is 32.4 Å². The highest BCUT2D eigenvalue weighted by atomic mass is 32.2. The largest absolute Gasteiger partial charge is 0.399 e. The lowest BCUT2D eigenvalue weighted by atomic mass is 10.2. The van der Waals surface area contributed by atoms with E-state index in [1.165, 1.54) is 6.20 Å². The van der Waals surface area contributed by atoms with E-state index in [4.69, 9.17) is 5.73 Å². The second-order valence-corrected chi connectivity index (χ2v) is 6.38. The molecular weight excluding hydrogens is 288 g/mol. The summed E-state index contributed by atoms with van der Waals surface area (Å²) < 4.78 is 27.5. The summed E-state index contributed by atoms with van der Waals surface area (Å²) in [6, 6.07) is 8.59. The fourth-order valence-corrected chi connectivity index (χ4v) is 3.37. The number of H-pyrrole nitrogens is 1. The summed E-state index contributed by atoms with van der Waals surface area (Å²) in [5.41, 5.74) is 7.69. The van der Waals surface area contributed by atoms with Gasteiger partial charge in [-0.05, 0) is 36.8 Å². The smallest absolute Gasteiger partial charge is 0.265 e. The Morgan fingerprint density at radius 2 is 2.10 bits per heavy atom. The highest BCUT2D eigenvalue weighted by molar-refractivity contribution is 7.93. The number of hydrogen-bond donors (Lipinski definition) is 3. The van der Waals surface area contributed by atoms with Crippen molar-refractivity contribution in [2.24, 2.45) is 0 Å². The molecule has 3 rings (SSSR count). The number of benzene rings is 1. The van der Waals surface area contributed by atoms with Gasteiger partial charge in [-0.25, -0.2) is 13.4 Å². The average Bonchev–Trinajstić information content (AvgIpc) is 2.85. The molecule has 1 aromatic carbocycles. The van der Waals surface area contributed by atoms with Crippen LogP contribution in [0, 0.1) is 6.92 Å². The summed E-state index contributed by atoms with van der Waals surface area (Å²) in [5, 5.41) is 0.588. The van der Waals surface area contributed by atoms with E-state index in [0.717, 1.165) is 5.56 Å². The molecule has 7 heteroatoms. The van der Waals surface area contributed by atoms with Crippen LogP contribution >= 0.6 is 0 Å². The van der Waals surface area contributed by atoms with Crippen molar-refractivity contribution in [1.82, 2.24) is 9.97 Å². The van der Waals surface area contributed by atoms with E-state index < -0.39 is 10.0 Å². The van der Waals surface area contributed by atoms with Gasteiger partial charge in [0.25, 0.3) is 10.0 Å². The number of aryl methyl sites for hydroxylation is 1. The number of anilines is 2. The minimum absolute atomic E-state index is 0.169. The van der Waals surface area contributed by atoms with Gasteiger partial charge >= 0.3 is 0 Å². The highest BCUT2D eigenvalue weighted by Crippen LogP contribution is 2.26. The fraction of sp³-hybridized carbons (Fsp3) is 0.0714. The van der Waals surface area contributed by atoms with Gasteiger partial charge < -0.3 is 10.7 Å². The molecule has 6 nitrogen and oxygen atoms in total. The number of aromatic amines is 1. The molecular formula is C14H14N4O2S. The van der Waals surface area contributed by atoms with E-state index in [9.17, 15) is 8.42 Å². The molecule has 3 aromatic rings. The van der Waals surface area contributed by atoms with E-state index in [-0.39, 0.29) is 4.90 Å². The fourth-order valence-electron chi connectivity index (χ4n) is 2.11. The van der Waals surface area contributed by atoms with Crippen LogP contribution in [0.15, 0.2) is 47.6 Å². The lowest BCUT2D eigenvalue weighted by Gasteiger charge is -2.08. The molecule has 0 saturated carbocycles. The molecule has 4 N–H and O–H groups in total. The van der Waals surface area contributed by atoms with E-state index in [1.54, 1.807) is 43.5 Å². The van der Waals surface area contributed by atoms with Crippen molar-refractivity contribution in [3.8, 4) is 0 Å². The number of rotatable bonds is 3. The third-order valence-corrected chi connectivity index (χ3v) is 4.58. The van der Waals surface area contributed by atoms with Crippen molar-refractivity contribution < 1.29 is 8.42 Å². The summed E-state index contributed by atoms with van der Waals surface area (Å²) in [7, 11) is -3.72. The first kappa shape index (κ1) is 13.4. The van der Waals surface area contributed by atoms with Crippen molar-refractivity contribution in [2.75, 3.05) is 10.5 Å². The highest BCUT2D eigenvalue weighted by Gasteiger charge is 2.20. The van der Waals surface area contributed by atoms with Crippen LogP contribution in [0.2, 0.25) is 0 Å². The van der Waals surface area contributed by atoms with Gasteiger partial charge in [0.2, 0.25) is 0 Å². The van der Waals surface area contributed by atoms with Crippen LogP contribution in [0.4, 0.5) is 11.5 Å². The second-order valence-electron chi connectivity index (χ2n) is 4.73. The number of aromatic nitrogens is 2. The van der Waals surface area contributed by atoms with Gasteiger partial charge in [-0.15, -0.1) is 0 Å². The predicted octanol–water partition coefficient (Wildman–Crippen LogP) is 2.25. The topological polar surface area (TPSA) is 101 Å². The molecule has 0 unspecified atom stereocenters. The molecule has 0 atom stereocenters. The lowest BCUT2D eigenvalue weighted by Crippen LogP contribution is -2.14. The number of nitrogens with one attached hydrogen (secondary N) is 2. The van der Waals surface area contributed by atoms with Crippen molar-refractivity contribution in [1.29, 1.82) is 0 Å². The first-order valence-corrected chi connectivity index (χ1v) is 7.77. The van der Waals surface area contributed by atoms with Crippen LogP contribution < -0.4 is 10.5 Å². The van der Waals surface area contributed by atoms with E-state index in [2.05, 4.69) is 14.7 Å². The number of nitrogens with two attached hydrogens (primary N) is 1. The molecule has 0 aliphatic carbocycles. The van der Waals surface area contributed by atoms with Crippen LogP contribution in [0.1, 0.15) is 5.56 Å². The molecule has 0 fully saturated rings. The van der Waals surface area contributed by atoms with Gasteiger partial charge in [-0.2, -0.15) is 0 Å². The number of sulfonamides is 1. The Morgan fingerprint density at radius 1 is 1.29 bits per heavy atom. The van der Waals surface area contributed by atoms with Crippen LogP contribution in [-0.4, -0.2) is 18.4 Å². The quantitative estimate of drug-likeness (QED) is 0.646. The summed E-state index contributed by atoms with van der Waals surface area (Å²) in [4.78, 5) is 7.13. The Bertz CT molecular complexity index is 916. The van der Waals surface area contributed by atoms with Gasteiger partial charge in [0.05, 0.1) is 0 Å². The first-order valence-electron chi connectivity index (χ1n) is 6.28. The Hall–Kier alpha value is -2.54. The van der Waals surface area contributed by atoms with E-state index >= 15 is 0 Å². The van der Waals surface area contributed by atoms with E-state index in [0.29, 0.717) is 22.4 Å². The van der Waals surface area contributed by atoms with Gasteiger partial charge in [-0.1, -0.05) is 6.07 Å². The third kappa shape index (κ3) is 2.43. The van der Waals surface area contributed by atoms with Gasteiger partial charge in [0.15, 0.2) is 0 Å². The average molecular weight is 302 g/mol. The molecule has 0 aliphatic heterocycles. The van der Waals surface area contributed by atoms with Gasteiger partial charge in [-0.3, -0.25) is 4.72 Å². The zero-order valence-electron chi connectivity index (χ0n) is 11.3. The number of nitrogens with zero attached hydrogens (tertiary/aromatic N) is 1. The van der Waals surface area contributed by atoms with Crippen molar-refractivity contribution in [3.05, 3.63) is 48.3 Å². The summed E-state index contributed by atoms with van der Waals surface area (Å²) in [6.45, 7) is 1.79. The maximum Gasteiger partial charge on any atom is 0.265 e. The third-order valence-electron chi connectivity index (χ3n) is 3.20. The van der Waals surface area contributed by atoms with Crippen LogP contribution in [0.5, 0.6) is 0 Å². The maximum absolute atomic E-state index is 12.5. The molecule has 21 heavy (non-hydrogen) atoms. The standard InChI is InChI=1S/C14H14N4O2S/c1-9-3-2-6-16-14(9)18-21(19,20)13-8-17-12-7-10(15)4-5-11(12)13/h2-8,17H,15H2,1H3,(H,16,18). The van der Waals surface area contributed by atoms with Crippen LogP contribution in [-0.2, 0) is 10.0 Å². The second kappa shape index (κ2) is 4.78. The molecule has 0 bridgehead atoms. The minimum atomic E-state index is -3.72. The van der Waals surface area contributed by atoms with E-state index in [1.807, 2.05) is 0 Å². The Balaban J connectivity index is 2.07. The van der Waals surface area contributed by atoms with Crippen molar-refractivity contribution in [2.45, 2.75) is 11.8 Å². The number of nitrogen functional groups attached to an aromatic ring is 1. The summed E-state index contributed by atoms with van der Waals surface area (Å²) in [5.74, 6) is 0.322. The zero-order chi connectivity index (χ0) is 15.0. The van der Waals surface area contributed by atoms with Crippen LogP contribution in [0.3, 0.4) is 0 Å². The normalized spacial score (nSPS) is 11.7. The minimum Gasteiger partial charge on any atom is -0.399 e. The van der Waals surface area contributed by atoms with Gasteiger partial charge in [0.1, 0.15) is 10.7 Å². The Kier molecular flexibility index (Phi) is 3.06. The molecule has 2 heterocycles. The molecule has 0 radical (unpaired) electrons. The lowest BCUT2D eigenvalue weighted by molar-refractivity contribution is 0.602. The number of fused-ring (bicyclic) bond motifs is 1. The molecule has 0 saturated heterocycles. The van der Waals surface area contributed by atoms with Crippen LogP contribution in [0.25, 0.3) is 10.9 Å². The molecule has 0 aliphatic rings. The monoisotopic (exact) mass is 302 g/mol. The Morgan fingerprint density at radius 3 is 2.86 bits per heavy atom. The number of pyridine rings is 1. The molecule has 0 spiro atoms. The predicted molar refractivity (Wildman–Crippen MR) is 82.5 cm³/mol. The zero-order valence-corrected chi connectivity index (χ0v) is 12.1.